The van der Waals surface area contributed by atoms with Gasteiger partial charge in [-0.05, 0) is 46.7 Å². The van der Waals surface area contributed by atoms with Gasteiger partial charge in [0.25, 0.3) is 6.43 Å². The Balaban J connectivity index is 3.29. The second-order valence-corrected chi connectivity index (χ2v) is 4.23. The molecule has 0 radical (unpaired) electrons. The predicted molar refractivity (Wildman–Crippen MR) is 59.3 cm³/mol. The number of nitrogens with zero attached hydrogens (tertiary/aromatic N) is 1. The summed E-state index contributed by atoms with van der Waals surface area (Å²) in [5.41, 5.74) is 1.34. The van der Waals surface area contributed by atoms with E-state index in [1.165, 1.54) is 0 Å². The average molecular weight is 362 g/mol. The lowest BCUT2D eigenvalue weighted by atomic mass is 10.1. The Morgan fingerprint density at radius 3 is 2.69 bits per heavy atom. The maximum absolute atomic E-state index is 12.5. The molecule has 0 saturated heterocycles. The quantitative estimate of drug-likeness (QED) is 0.443. The molecule has 1 rings (SSSR count). The summed E-state index contributed by atoms with van der Waals surface area (Å²) < 4.78 is 25.6. The lowest BCUT2D eigenvalue weighted by Crippen LogP contribution is -2.01. The van der Waals surface area contributed by atoms with E-state index in [9.17, 15) is 8.78 Å². The van der Waals surface area contributed by atoms with Crippen molar-refractivity contribution in [1.82, 2.24) is 4.98 Å². The van der Waals surface area contributed by atoms with Crippen LogP contribution in [0.25, 0.3) is 0 Å². The number of halogens is 4. The molecule has 0 amide bonds. The Morgan fingerprint density at radius 1 is 1.62 bits per heavy atom. The van der Waals surface area contributed by atoms with Crippen LogP contribution in [0.1, 0.15) is 23.2 Å². The molecule has 1 heterocycles. The summed E-state index contributed by atoms with van der Waals surface area (Å²) in [5, 5.41) is 0.419. The lowest BCUT2D eigenvalue weighted by molar-refractivity contribution is 0.145. The van der Waals surface area contributed by atoms with Gasteiger partial charge in [0.2, 0.25) is 0 Å². The summed E-state index contributed by atoms with van der Waals surface area (Å²) in [6, 6.07) is 1.79. The highest BCUT2D eigenvalue weighted by Crippen LogP contribution is 2.26. The molecular formula is C8H7BrF2IN. The van der Waals surface area contributed by atoms with Crippen molar-refractivity contribution >= 4 is 38.5 Å². The number of aromatic nitrogens is 1. The molecular weight excluding hydrogens is 355 g/mol. The van der Waals surface area contributed by atoms with Crippen LogP contribution in [0.5, 0.6) is 0 Å². The van der Waals surface area contributed by atoms with Gasteiger partial charge in [-0.25, -0.2) is 13.8 Å². The van der Waals surface area contributed by atoms with Gasteiger partial charge in [-0.1, -0.05) is 15.9 Å². The van der Waals surface area contributed by atoms with Crippen molar-refractivity contribution in [3.8, 4) is 0 Å². The van der Waals surface area contributed by atoms with Gasteiger partial charge in [0.05, 0.1) is 0 Å². The zero-order chi connectivity index (χ0) is 10.0. The fourth-order valence-electron chi connectivity index (χ4n) is 1.04. The number of aryl methyl sites for hydroxylation is 1. The Morgan fingerprint density at radius 2 is 2.23 bits per heavy atom. The van der Waals surface area contributed by atoms with E-state index >= 15 is 0 Å². The van der Waals surface area contributed by atoms with Crippen molar-refractivity contribution in [1.29, 1.82) is 0 Å². The van der Waals surface area contributed by atoms with Gasteiger partial charge in [-0.2, -0.15) is 0 Å². The normalized spacial score (nSPS) is 10.9. The summed E-state index contributed by atoms with van der Waals surface area (Å²) >= 11 is 5.11. The van der Waals surface area contributed by atoms with Crippen molar-refractivity contribution < 1.29 is 8.78 Å². The van der Waals surface area contributed by atoms with E-state index < -0.39 is 6.43 Å². The first-order valence-electron chi connectivity index (χ1n) is 3.56. The molecule has 1 aromatic heterocycles. The zero-order valence-corrected chi connectivity index (χ0v) is 10.6. The molecule has 13 heavy (non-hydrogen) atoms. The van der Waals surface area contributed by atoms with E-state index in [1.807, 2.05) is 29.5 Å². The van der Waals surface area contributed by atoms with Crippen LogP contribution in [0.2, 0.25) is 0 Å². The van der Waals surface area contributed by atoms with Crippen molar-refractivity contribution in [3.05, 3.63) is 26.6 Å². The second kappa shape index (κ2) is 4.63. The van der Waals surface area contributed by atoms with Gasteiger partial charge in [0, 0.05) is 5.33 Å². The van der Waals surface area contributed by atoms with Crippen molar-refractivity contribution in [3.63, 3.8) is 0 Å². The molecule has 0 aliphatic carbocycles. The summed E-state index contributed by atoms with van der Waals surface area (Å²) in [6.45, 7) is 1.81. The first kappa shape index (κ1) is 11.3. The Labute approximate surface area is 97.2 Å². The van der Waals surface area contributed by atoms with E-state index in [2.05, 4.69) is 20.9 Å². The molecule has 0 N–H and O–H groups in total. The molecule has 1 nitrogen and oxygen atoms in total. The minimum Gasteiger partial charge on any atom is -0.241 e. The van der Waals surface area contributed by atoms with Gasteiger partial charge in [-0.3, -0.25) is 0 Å². The van der Waals surface area contributed by atoms with Crippen LogP contribution in [0.15, 0.2) is 6.07 Å². The highest BCUT2D eigenvalue weighted by molar-refractivity contribution is 14.1. The molecule has 0 bridgehead atoms. The smallest absolute Gasteiger partial charge is 0.241 e. The first-order chi connectivity index (χ1) is 6.06. The molecule has 0 atom stereocenters. The largest absolute Gasteiger partial charge is 0.280 e. The van der Waals surface area contributed by atoms with Gasteiger partial charge < -0.3 is 0 Å². The van der Waals surface area contributed by atoms with Gasteiger partial charge in [0.15, 0.2) is 0 Å². The fraction of sp³-hybridized carbons (Fsp3) is 0.375. The first-order valence-corrected chi connectivity index (χ1v) is 5.76. The predicted octanol–water partition coefficient (Wildman–Crippen LogP) is 3.83. The summed E-state index contributed by atoms with van der Waals surface area (Å²) in [5.74, 6) is 0. The van der Waals surface area contributed by atoms with E-state index in [4.69, 9.17) is 0 Å². The van der Waals surface area contributed by atoms with Crippen molar-refractivity contribution in [2.24, 2.45) is 0 Å². The fourth-order valence-corrected chi connectivity index (χ4v) is 2.49. The third kappa shape index (κ3) is 2.59. The van der Waals surface area contributed by atoms with Crippen LogP contribution >= 0.6 is 38.5 Å². The Hall–Kier alpha value is 0.220. The minimum absolute atomic E-state index is 0.110. The molecule has 0 aliphatic heterocycles. The van der Waals surface area contributed by atoms with Crippen molar-refractivity contribution in [2.45, 2.75) is 18.7 Å². The van der Waals surface area contributed by atoms with Crippen LogP contribution in [-0.2, 0) is 5.33 Å². The molecule has 72 valence electrons. The number of pyridine rings is 1. The maximum Gasteiger partial charge on any atom is 0.280 e. The molecule has 1 aromatic rings. The highest BCUT2D eigenvalue weighted by atomic mass is 127. The van der Waals surface area contributed by atoms with Gasteiger partial charge in [-0.15, -0.1) is 0 Å². The SMILES string of the molecule is Cc1cc(I)nc(C(F)F)c1CBr. The lowest BCUT2D eigenvalue weighted by Gasteiger charge is -2.08. The average Bonchev–Trinajstić information content (AvgIpc) is 2.02. The van der Waals surface area contributed by atoms with Crippen molar-refractivity contribution in [2.75, 3.05) is 0 Å². The van der Waals surface area contributed by atoms with E-state index in [-0.39, 0.29) is 5.69 Å². The molecule has 5 heteroatoms. The van der Waals surface area contributed by atoms with E-state index in [0.29, 0.717) is 14.6 Å². The molecule has 0 spiro atoms. The van der Waals surface area contributed by atoms with Crippen LogP contribution < -0.4 is 0 Å². The van der Waals surface area contributed by atoms with Crippen LogP contribution in [-0.4, -0.2) is 4.98 Å². The molecule has 0 aromatic carbocycles. The second-order valence-electron chi connectivity index (χ2n) is 2.56. The van der Waals surface area contributed by atoms with Gasteiger partial charge in [0.1, 0.15) is 9.39 Å². The number of hydrogen-bond acceptors (Lipinski definition) is 1. The summed E-state index contributed by atoms with van der Waals surface area (Å²) in [4.78, 5) is 3.81. The third-order valence-electron chi connectivity index (χ3n) is 1.69. The number of rotatable bonds is 2. The van der Waals surface area contributed by atoms with E-state index in [0.717, 1.165) is 5.56 Å². The van der Waals surface area contributed by atoms with Crippen LogP contribution in [0.4, 0.5) is 8.78 Å². The highest BCUT2D eigenvalue weighted by Gasteiger charge is 2.16. The summed E-state index contributed by atoms with van der Waals surface area (Å²) in [7, 11) is 0. The zero-order valence-electron chi connectivity index (χ0n) is 6.82. The monoisotopic (exact) mass is 361 g/mol. The van der Waals surface area contributed by atoms with E-state index in [1.54, 1.807) is 6.07 Å². The minimum atomic E-state index is -2.50. The molecule has 0 aliphatic rings. The van der Waals surface area contributed by atoms with Crippen LogP contribution in [0, 0.1) is 10.6 Å². The molecule has 0 unspecified atom stereocenters. The standard InChI is InChI=1S/C8H7BrF2IN/c1-4-2-6(12)13-7(8(10)11)5(4)3-9/h2,8H,3H2,1H3. The third-order valence-corrected chi connectivity index (χ3v) is 2.80. The molecule has 0 fully saturated rings. The Kier molecular flexibility index (Phi) is 4.03. The number of hydrogen-bond donors (Lipinski definition) is 0. The van der Waals surface area contributed by atoms with Gasteiger partial charge >= 0.3 is 0 Å². The van der Waals surface area contributed by atoms with Crippen LogP contribution in [0.3, 0.4) is 0 Å². The maximum atomic E-state index is 12.5. The topological polar surface area (TPSA) is 12.9 Å². The summed E-state index contributed by atoms with van der Waals surface area (Å²) in [6.07, 6.45) is -2.50. The molecule has 0 saturated carbocycles. The number of alkyl halides is 3. The Bertz CT molecular complexity index is 317.